The van der Waals surface area contributed by atoms with E-state index in [0.29, 0.717) is 28.3 Å². The number of hydrogen-bond donors (Lipinski definition) is 1. The van der Waals surface area contributed by atoms with Crippen molar-refractivity contribution in [3.63, 3.8) is 0 Å². The van der Waals surface area contributed by atoms with Crippen LogP contribution < -0.4 is 9.75 Å². The number of carbonyl (C=O) groups is 3. The maximum Gasteiger partial charge on any atom is 0.344 e. The van der Waals surface area contributed by atoms with E-state index in [9.17, 15) is 14.4 Å². The maximum absolute atomic E-state index is 12.9. The minimum absolute atomic E-state index is 0.120. The maximum atomic E-state index is 12.9. The Morgan fingerprint density at radius 3 is 2.50 bits per heavy atom. The molecule has 30 heavy (non-hydrogen) atoms. The Kier molecular flexibility index (Phi) is 6.26. The fourth-order valence-corrected chi connectivity index (χ4v) is 2.83. The lowest BCUT2D eigenvalue weighted by Gasteiger charge is -2.12. The number of benzene rings is 2. The van der Waals surface area contributed by atoms with Gasteiger partial charge < -0.3 is 14.6 Å². The number of nitrogens with zero attached hydrogens (tertiary/aromatic N) is 2. The van der Waals surface area contributed by atoms with E-state index in [1.54, 1.807) is 44.2 Å². The molecule has 0 unspecified atom stereocenters. The van der Waals surface area contributed by atoms with Gasteiger partial charge in [-0.05, 0) is 50.3 Å². The van der Waals surface area contributed by atoms with E-state index in [0.717, 1.165) is 0 Å². The van der Waals surface area contributed by atoms with Gasteiger partial charge in [-0.25, -0.2) is 9.59 Å². The molecular formula is C22H20N2O6. The molecule has 1 amide bonds. The van der Waals surface area contributed by atoms with E-state index in [-0.39, 0.29) is 24.7 Å². The summed E-state index contributed by atoms with van der Waals surface area (Å²) in [5.41, 5.74) is 2.06. The van der Waals surface area contributed by atoms with Gasteiger partial charge in [0.2, 0.25) is 0 Å². The SMILES string of the molecule is CCOC(=O)COc1ccccc1C=C1C(=O)N(c2ccc(C(=O)O)cc2)N=C1C. The molecule has 0 spiro atoms. The van der Waals surface area contributed by atoms with Gasteiger partial charge in [-0.2, -0.15) is 10.1 Å². The Morgan fingerprint density at radius 1 is 1.13 bits per heavy atom. The second-order valence-corrected chi connectivity index (χ2v) is 6.34. The quantitative estimate of drug-likeness (QED) is 0.557. The number of amides is 1. The zero-order chi connectivity index (χ0) is 21.7. The van der Waals surface area contributed by atoms with Crippen LogP contribution in [0.3, 0.4) is 0 Å². The van der Waals surface area contributed by atoms with Crippen molar-refractivity contribution in [3.05, 3.63) is 65.2 Å². The normalized spacial score (nSPS) is 14.6. The number of rotatable bonds is 7. The molecule has 0 aliphatic carbocycles. The van der Waals surface area contributed by atoms with Crippen molar-refractivity contribution >= 4 is 35.3 Å². The number of hydrogen-bond acceptors (Lipinski definition) is 6. The van der Waals surface area contributed by atoms with Crippen LogP contribution in [-0.4, -0.2) is 41.9 Å². The highest BCUT2D eigenvalue weighted by molar-refractivity contribution is 6.32. The molecule has 0 aromatic heterocycles. The number of esters is 1. The first-order valence-corrected chi connectivity index (χ1v) is 9.23. The number of carboxylic acids is 1. The monoisotopic (exact) mass is 408 g/mol. The Labute approximate surface area is 173 Å². The fourth-order valence-electron chi connectivity index (χ4n) is 2.83. The van der Waals surface area contributed by atoms with Crippen LogP contribution >= 0.6 is 0 Å². The van der Waals surface area contributed by atoms with E-state index < -0.39 is 11.9 Å². The van der Waals surface area contributed by atoms with Crippen molar-refractivity contribution in [1.82, 2.24) is 0 Å². The first-order chi connectivity index (χ1) is 14.4. The van der Waals surface area contributed by atoms with Gasteiger partial charge in [0.25, 0.3) is 5.91 Å². The number of para-hydroxylation sites is 1. The van der Waals surface area contributed by atoms with Crippen LogP contribution in [0.25, 0.3) is 6.08 Å². The molecule has 0 bridgehead atoms. The number of anilines is 1. The van der Waals surface area contributed by atoms with Crippen molar-refractivity contribution in [2.45, 2.75) is 13.8 Å². The molecule has 1 heterocycles. The molecule has 0 fully saturated rings. The molecular weight excluding hydrogens is 388 g/mol. The molecule has 0 saturated carbocycles. The Hall–Kier alpha value is -3.94. The third-order valence-corrected chi connectivity index (χ3v) is 4.29. The number of carboxylic acid groups (broad SMARTS) is 1. The molecule has 154 valence electrons. The molecule has 1 aliphatic rings. The molecule has 1 aliphatic heterocycles. The van der Waals surface area contributed by atoms with Gasteiger partial charge in [-0.1, -0.05) is 18.2 Å². The van der Waals surface area contributed by atoms with Crippen molar-refractivity contribution in [2.75, 3.05) is 18.2 Å². The van der Waals surface area contributed by atoms with Crippen molar-refractivity contribution in [3.8, 4) is 5.75 Å². The lowest BCUT2D eigenvalue weighted by molar-refractivity contribution is -0.145. The summed E-state index contributed by atoms with van der Waals surface area (Å²) in [6.45, 7) is 3.45. The predicted molar refractivity (Wildman–Crippen MR) is 111 cm³/mol. The van der Waals surface area contributed by atoms with Gasteiger partial charge >= 0.3 is 11.9 Å². The second-order valence-electron chi connectivity index (χ2n) is 6.34. The molecule has 0 atom stereocenters. The van der Waals surface area contributed by atoms with E-state index in [2.05, 4.69) is 5.10 Å². The first-order valence-electron chi connectivity index (χ1n) is 9.23. The second kappa shape index (κ2) is 9.04. The zero-order valence-corrected chi connectivity index (χ0v) is 16.5. The highest BCUT2D eigenvalue weighted by Gasteiger charge is 2.29. The summed E-state index contributed by atoms with van der Waals surface area (Å²) in [5, 5.41) is 14.5. The summed E-state index contributed by atoms with van der Waals surface area (Å²) in [5.74, 6) is -1.45. The molecule has 0 saturated heterocycles. The predicted octanol–water partition coefficient (Wildman–Crippen LogP) is 3.13. The number of carbonyl (C=O) groups excluding carboxylic acids is 2. The highest BCUT2D eigenvalue weighted by Crippen LogP contribution is 2.28. The standard InChI is InChI=1S/C22H20N2O6/c1-3-29-20(25)13-30-19-7-5-4-6-16(19)12-18-14(2)23-24(21(18)26)17-10-8-15(9-11-17)22(27)28/h4-12H,3,13H2,1-2H3,(H,27,28). The summed E-state index contributed by atoms with van der Waals surface area (Å²) in [6, 6.07) is 12.9. The average molecular weight is 408 g/mol. The van der Waals surface area contributed by atoms with Crippen molar-refractivity contribution in [2.24, 2.45) is 5.10 Å². The van der Waals surface area contributed by atoms with E-state index in [1.807, 2.05) is 0 Å². The molecule has 2 aromatic carbocycles. The van der Waals surface area contributed by atoms with Crippen LogP contribution in [0.2, 0.25) is 0 Å². The summed E-state index contributed by atoms with van der Waals surface area (Å²) in [6.07, 6.45) is 1.65. The largest absolute Gasteiger partial charge is 0.481 e. The van der Waals surface area contributed by atoms with Gasteiger partial charge in [0.15, 0.2) is 6.61 Å². The Morgan fingerprint density at radius 2 is 1.83 bits per heavy atom. The van der Waals surface area contributed by atoms with Crippen LogP contribution in [-0.2, 0) is 14.3 Å². The van der Waals surface area contributed by atoms with Crippen LogP contribution in [0.4, 0.5) is 5.69 Å². The van der Waals surface area contributed by atoms with E-state index in [1.165, 1.54) is 29.3 Å². The smallest absolute Gasteiger partial charge is 0.344 e. The zero-order valence-electron chi connectivity index (χ0n) is 16.5. The Bertz CT molecular complexity index is 1040. The molecule has 3 rings (SSSR count). The third-order valence-electron chi connectivity index (χ3n) is 4.29. The topological polar surface area (TPSA) is 106 Å². The molecule has 8 nitrogen and oxygen atoms in total. The lowest BCUT2D eigenvalue weighted by atomic mass is 10.1. The van der Waals surface area contributed by atoms with Gasteiger partial charge in [-0.15, -0.1) is 0 Å². The average Bonchev–Trinajstić information content (AvgIpc) is 3.01. The van der Waals surface area contributed by atoms with Crippen molar-refractivity contribution < 1.29 is 29.0 Å². The molecule has 8 heteroatoms. The van der Waals surface area contributed by atoms with E-state index in [4.69, 9.17) is 14.6 Å². The minimum atomic E-state index is -1.05. The van der Waals surface area contributed by atoms with Gasteiger partial charge in [-0.3, -0.25) is 4.79 Å². The van der Waals surface area contributed by atoms with Crippen molar-refractivity contribution in [1.29, 1.82) is 0 Å². The third kappa shape index (κ3) is 4.54. The summed E-state index contributed by atoms with van der Waals surface area (Å²) >= 11 is 0. The van der Waals surface area contributed by atoms with Crippen LogP contribution in [0.1, 0.15) is 29.8 Å². The fraction of sp³-hybridized carbons (Fsp3) is 0.182. The van der Waals surface area contributed by atoms with Gasteiger partial charge in [0, 0.05) is 5.56 Å². The summed E-state index contributed by atoms with van der Waals surface area (Å²) in [7, 11) is 0. The molecule has 0 radical (unpaired) electrons. The van der Waals surface area contributed by atoms with Crippen LogP contribution in [0.5, 0.6) is 5.75 Å². The molecule has 1 N–H and O–H groups in total. The summed E-state index contributed by atoms with van der Waals surface area (Å²) in [4.78, 5) is 35.5. The van der Waals surface area contributed by atoms with Crippen LogP contribution in [0.15, 0.2) is 59.2 Å². The van der Waals surface area contributed by atoms with Crippen LogP contribution in [0, 0.1) is 0 Å². The lowest BCUT2D eigenvalue weighted by Crippen LogP contribution is -2.21. The number of hydrazone groups is 1. The highest BCUT2D eigenvalue weighted by atomic mass is 16.6. The first kappa shape index (κ1) is 20.8. The Balaban J connectivity index is 1.83. The molecule has 2 aromatic rings. The summed E-state index contributed by atoms with van der Waals surface area (Å²) < 4.78 is 10.4. The van der Waals surface area contributed by atoms with Gasteiger partial charge in [0.05, 0.1) is 29.1 Å². The van der Waals surface area contributed by atoms with E-state index >= 15 is 0 Å². The minimum Gasteiger partial charge on any atom is -0.481 e. The number of aromatic carboxylic acids is 1. The van der Waals surface area contributed by atoms with Gasteiger partial charge in [0.1, 0.15) is 5.75 Å². The number of ether oxygens (including phenoxy) is 2.